The molecule has 6 heteroatoms. The Morgan fingerprint density at radius 2 is 2.17 bits per heavy atom. The summed E-state index contributed by atoms with van der Waals surface area (Å²) in [5.74, 6) is 5.79. The van der Waals surface area contributed by atoms with Gasteiger partial charge >= 0.3 is 0 Å². The highest BCUT2D eigenvalue weighted by atomic mass is 16.1. The Morgan fingerprint density at radius 1 is 1.50 bits per heavy atom. The van der Waals surface area contributed by atoms with E-state index >= 15 is 0 Å². The first-order valence-corrected chi connectivity index (χ1v) is 3.28. The Morgan fingerprint density at radius 3 is 2.75 bits per heavy atom. The zero-order valence-corrected chi connectivity index (χ0v) is 6.53. The van der Waals surface area contributed by atoms with Crippen molar-refractivity contribution in [2.45, 2.75) is 6.92 Å². The molecule has 0 aliphatic heterocycles. The molecule has 0 aliphatic rings. The molecule has 0 fully saturated rings. The summed E-state index contributed by atoms with van der Waals surface area (Å²) >= 11 is 0. The third-order valence-corrected chi connectivity index (χ3v) is 1.12. The van der Waals surface area contributed by atoms with E-state index in [4.69, 9.17) is 5.84 Å². The van der Waals surface area contributed by atoms with Crippen molar-refractivity contribution in [3.05, 3.63) is 12.4 Å². The Kier molecular flexibility index (Phi) is 2.54. The summed E-state index contributed by atoms with van der Waals surface area (Å²) in [4.78, 5) is 18.1. The lowest BCUT2D eigenvalue weighted by molar-refractivity contribution is -0.114. The Balaban J connectivity index is 2.79. The molecule has 0 aliphatic carbocycles. The maximum atomic E-state index is 10.6. The van der Waals surface area contributed by atoms with Crippen LogP contribution in [0.3, 0.4) is 0 Å². The lowest BCUT2D eigenvalue weighted by Crippen LogP contribution is -2.11. The Bertz CT molecular complexity index is 287. The molecule has 64 valence electrons. The van der Waals surface area contributed by atoms with E-state index in [0.29, 0.717) is 11.6 Å². The number of rotatable bonds is 2. The van der Waals surface area contributed by atoms with Gasteiger partial charge in [-0.2, -0.15) is 0 Å². The summed E-state index contributed by atoms with van der Waals surface area (Å²) < 4.78 is 0. The monoisotopic (exact) mass is 167 g/mol. The van der Waals surface area contributed by atoms with E-state index in [2.05, 4.69) is 20.7 Å². The molecule has 0 aromatic carbocycles. The van der Waals surface area contributed by atoms with Gasteiger partial charge in [-0.05, 0) is 0 Å². The largest absolute Gasteiger partial charge is 0.311 e. The van der Waals surface area contributed by atoms with Crippen molar-refractivity contribution < 1.29 is 4.79 Å². The van der Waals surface area contributed by atoms with Crippen molar-refractivity contribution in [1.82, 2.24) is 9.97 Å². The van der Waals surface area contributed by atoms with Gasteiger partial charge in [0.2, 0.25) is 5.91 Å². The quantitative estimate of drug-likeness (QED) is 0.416. The smallest absolute Gasteiger partial charge is 0.222 e. The van der Waals surface area contributed by atoms with E-state index in [-0.39, 0.29) is 5.91 Å². The first-order valence-electron chi connectivity index (χ1n) is 3.28. The number of nitrogens with two attached hydrogens (primary N) is 1. The van der Waals surface area contributed by atoms with E-state index in [0.717, 1.165) is 0 Å². The molecule has 1 heterocycles. The van der Waals surface area contributed by atoms with Crippen molar-refractivity contribution in [3.8, 4) is 0 Å². The summed E-state index contributed by atoms with van der Waals surface area (Å²) in [5.41, 5.74) is 2.34. The van der Waals surface area contributed by atoms with Crippen LogP contribution in [0.15, 0.2) is 12.4 Å². The van der Waals surface area contributed by atoms with Crippen molar-refractivity contribution in [3.63, 3.8) is 0 Å². The molecular weight excluding hydrogens is 158 g/mol. The van der Waals surface area contributed by atoms with Gasteiger partial charge in [-0.25, -0.2) is 15.8 Å². The minimum atomic E-state index is -0.184. The molecule has 1 aromatic heterocycles. The zero-order valence-electron chi connectivity index (χ0n) is 6.53. The van der Waals surface area contributed by atoms with Crippen molar-refractivity contribution in [1.29, 1.82) is 0 Å². The third-order valence-electron chi connectivity index (χ3n) is 1.12. The van der Waals surface area contributed by atoms with E-state index in [1.165, 1.54) is 19.3 Å². The number of nitrogen functional groups attached to an aromatic ring is 1. The summed E-state index contributed by atoms with van der Waals surface area (Å²) in [6.45, 7) is 1.40. The third kappa shape index (κ3) is 2.17. The van der Waals surface area contributed by atoms with Crippen molar-refractivity contribution in [2.75, 3.05) is 10.7 Å². The number of anilines is 2. The highest BCUT2D eigenvalue weighted by molar-refractivity contribution is 5.87. The van der Waals surface area contributed by atoms with Crippen molar-refractivity contribution >= 4 is 17.5 Å². The number of hydrogen-bond acceptors (Lipinski definition) is 5. The molecule has 0 unspecified atom stereocenters. The van der Waals surface area contributed by atoms with Gasteiger partial charge < -0.3 is 10.7 Å². The number of aromatic nitrogens is 2. The molecule has 6 nitrogen and oxygen atoms in total. The summed E-state index contributed by atoms with van der Waals surface area (Å²) in [5, 5.41) is 2.49. The van der Waals surface area contributed by atoms with Gasteiger partial charge in [0, 0.05) is 13.0 Å². The van der Waals surface area contributed by atoms with Gasteiger partial charge in [0.05, 0.1) is 0 Å². The van der Waals surface area contributed by atoms with Gasteiger partial charge in [-0.3, -0.25) is 4.79 Å². The lowest BCUT2D eigenvalue weighted by atomic mass is 10.5. The second kappa shape index (κ2) is 3.63. The fourth-order valence-electron chi connectivity index (χ4n) is 0.685. The Labute approximate surface area is 69.2 Å². The van der Waals surface area contributed by atoms with Crippen LogP contribution < -0.4 is 16.6 Å². The van der Waals surface area contributed by atoms with Gasteiger partial charge in [0.25, 0.3) is 0 Å². The Hall–Kier alpha value is -1.69. The van der Waals surface area contributed by atoms with Gasteiger partial charge in [-0.15, -0.1) is 0 Å². The molecule has 4 N–H and O–H groups in total. The molecule has 0 atom stereocenters. The maximum absolute atomic E-state index is 10.6. The predicted molar refractivity (Wildman–Crippen MR) is 44.1 cm³/mol. The average molecular weight is 167 g/mol. The van der Waals surface area contributed by atoms with Crippen LogP contribution >= 0.6 is 0 Å². The van der Waals surface area contributed by atoms with Crippen LogP contribution in [-0.4, -0.2) is 15.9 Å². The van der Waals surface area contributed by atoms with Crippen molar-refractivity contribution in [2.24, 2.45) is 5.84 Å². The first kappa shape index (κ1) is 8.41. The van der Waals surface area contributed by atoms with Gasteiger partial charge in [-0.1, -0.05) is 0 Å². The second-order valence-corrected chi connectivity index (χ2v) is 2.11. The molecule has 12 heavy (non-hydrogen) atoms. The van der Waals surface area contributed by atoms with Crippen LogP contribution in [0, 0.1) is 0 Å². The van der Waals surface area contributed by atoms with Crippen LogP contribution in [0.5, 0.6) is 0 Å². The topological polar surface area (TPSA) is 92.9 Å². The molecule has 0 saturated heterocycles. The van der Waals surface area contributed by atoms with Crippen LogP contribution in [-0.2, 0) is 4.79 Å². The SMILES string of the molecule is CC(=O)Nc1cc(NN)ncn1. The maximum Gasteiger partial charge on any atom is 0.222 e. The normalized spacial score (nSPS) is 9.17. The van der Waals surface area contributed by atoms with E-state index in [1.807, 2.05) is 0 Å². The first-order chi connectivity index (χ1) is 5.72. The zero-order chi connectivity index (χ0) is 8.97. The molecule has 0 radical (unpaired) electrons. The summed E-state index contributed by atoms with van der Waals surface area (Å²) in [6, 6.07) is 1.53. The molecule has 0 bridgehead atoms. The highest BCUT2D eigenvalue weighted by Gasteiger charge is 1.97. The van der Waals surface area contributed by atoms with Crippen LogP contribution in [0.1, 0.15) is 6.92 Å². The van der Waals surface area contributed by atoms with E-state index in [1.54, 1.807) is 0 Å². The molecule has 1 amide bonds. The molecule has 1 aromatic rings. The molecular formula is C6H9N5O. The standard InChI is InChI=1S/C6H9N5O/c1-4(12)10-5-2-6(11-7)9-3-8-5/h2-3H,7H2,1H3,(H2,8,9,10,11,12). The highest BCUT2D eigenvalue weighted by Crippen LogP contribution is 2.06. The number of amides is 1. The van der Waals surface area contributed by atoms with Gasteiger partial charge in [0.15, 0.2) is 0 Å². The van der Waals surface area contributed by atoms with E-state index < -0.39 is 0 Å². The molecule has 1 rings (SSSR count). The minimum absolute atomic E-state index is 0.184. The number of hydrogen-bond donors (Lipinski definition) is 3. The fraction of sp³-hybridized carbons (Fsp3) is 0.167. The van der Waals surface area contributed by atoms with Crippen LogP contribution in [0.25, 0.3) is 0 Å². The lowest BCUT2D eigenvalue weighted by Gasteiger charge is -2.01. The number of hydrazine groups is 1. The summed E-state index contributed by atoms with van der Waals surface area (Å²) in [6.07, 6.45) is 1.31. The number of nitrogens with zero attached hydrogens (tertiary/aromatic N) is 2. The number of nitrogens with one attached hydrogen (secondary N) is 2. The number of carbonyl (C=O) groups excluding carboxylic acids is 1. The predicted octanol–water partition coefficient (Wildman–Crippen LogP) is -0.279. The van der Waals surface area contributed by atoms with Gasteiger partial charge in [0.1, 0.15) is 18.0 Å². The number of carbonyl (C=O) groups is 1. The molecule has 0 saturated carbocycles. The van der Waals surface area contributed by atoms with E-state index in [9.17, 15) is 4.79 Å². The minimum Gasteiger partial charge on any atom is -0.311 e. The fourth-order valence-corrected chi connectivity index (χ4v) is 0.685. The molecule has 0 spiro atoms. The average Bonchev–Trinajstić information content (AvgIpc) is 2.03. The van der Waals surface area contributed by atoms with Crippen LogP contribution in [0.2, 0.25) is 0 Å². The van der Waals surface area contributed by atoms with Crippen LogP contribution in [0.4, 0.5) is 11.6 Å². The second-order valence-electron chi connectivity index (χ2n) is 2.11. The summed E-state index contributed by atoms with van der Waals surface area (Å²) in [7, 11) is 0.